The summed E-state index contributed by atoms with van der Waals surface area (Å²) in [5, 5.41) is 14.7. The van der Waals surface area contributed by atoms with Crippen molar-refractivity contribution < 1.29 is 14.7 Å². The van der Waals surface area contributed by atoms with Gasteiger partial charge in [-0.05, 0) is 25.1 Å². The number of carboxylic acids is 1. The third-order valence-corrected chi connectivity index (χ3v) is 2.86. The van der Waals surface area contributed by atoms with Gasteiger partial charge in [0, 0.05) is 19.6 Å². The average Bonchev–Trinajstić information content (AvgIpc) is 2.68. The highest BCUT2D eigenvalue weighted by Crippen LogP contribution is 2.08. The molecule has 1 aliphatic heterocycles. The number of pyridine rings is 1. The topological polar surface area (TPSA) is 94.6 Å². The molecule has 19 heavy (non-hydrogen) atoms. The molecule has 7 heteroatoms. The Labute approximate surface area is 110 Å². The van der Waals surface area contributed by atoms with E-state index in [9.17, 15) is 9.59 Å². The summed E-state index contributed by atoms with van der Waals surface area (Å²) in [7, 11) is 0. The van der Waals surface area contributed by atoms with Crippen molar-refractivity contribution in [2.45, 2.75) is 6.42 Å². The van der Waals surface area contributed by atoms with E-state index in [0.717, 1.165) is 19.5 Å². The molecule has 1 saturated heterocycles. The summed E-state index contributed by atoms with van der Waals surface area (Å²) in [6.07, 6.45) is 2.26. The lowest BCUT2D eigenvalue weighted by molar-refractivity contribution is 0.0690. The Hall–Kier alpha value is -2.15. The van der Waals surface area contributed by atoms with Gasteiger partial charge in [0.15, 0.2) is 0 Å². The lowest BCUT2D eigenvalue weighted by Crippen LogP contribution is -2.37. The number of aromatic nitrogens is 1. The fraction of sp³-hybridized carbons (Fsp3) is 0.417. The summed E-state index contributed by atoms with van der Waals surface area (Å²) in [4.78, 5) is 28.1. The van der Waals surface area contributed by atoms with Crippen LogP contribution in [0.1, 0.15) is 16.9 Å². The molecule has 1 aromatic heterocycles. The Kier molecular flexibility index (Phi) is 4.30. The molecular weight excluding hydrogens is 248 g/mol. The average molecular weight is 264 g/mol. The highest BCUT2D eigenvalue weighted by Gasteiger charge is 2.15. The quantitative estimate of drug-likeness (QED) is 0.727. The first-order chi connectivity index (χ1) is 9.16. The lowest BCUT2D eigenvalue weighted by atomic mass is 10.3. The summed E-state index contributed by atoms with van der Waals surface area (Å²) in [5.41, 5.74) is 0.448. The minimum Gasteiger partial charge on any atom is -0.477 e. The van der Waals surface area contributed by atoms with Crippen molar-refractivity contribution in [1.29, 1.82) is 0 Å². The fourth-order valence-electron chi connectivity index (χ4n) is 1.85. The number of nitrogens with one attached hydrogen (secondary N) is 2. The van der Waals surface area contributed by atoms with Gasteiger partial charge in [-0.2, -0.15) is 0 Å². The number of hydrogen-bond acceptors (Lipinski definition) is 4. The Morgan fingerprint density at radius 2 is 2.16 bits per heavy atom. The van der Waals surface area contributed by atoms with Crippen LogP contribution in [-0.4, -0.2) is 53.2 Å². The molecule has 0 aromatic carbocycles. The molecule has 1 aromatic rings. The summed E-state index contributed by atoms with van der Waals surface area (Å²) >= 11 is 0. The minimum atomic E-state index is -1.09. The van der Waals surface area contributed by atoms with Crippen LogP contribution in [0.15, 0.2) is 18.3 Å². The number of carboxylic acid groups (broad SMARTS) is 1. The van der Waals surface area contributed by atoms with Crippen LogP contribution < -0.4 is 10.6 Å². The standard InChI is InChI=1S/C12H16N4O3/c17-11(18)10-3-2-9(8-14-10)15-12(19)16-6-1-4-13-5-7-16/h2-3,8,13H,1,4-7H2,(H,15,19)(H,17,18). The monoisotopic (exact) mass is 264 g/mol. The molecule has 2 amide bonds. The molecule has 2 rings (SSSR count). The maximum Gasteiger partial charge on any atom is 0.354 e. The second-order valence-electron chi connectivity index (χ2n) is 4.26. The van der Waals surface area contributed by atoms with E-state index in [1.807, 2.05) is 0 Å². The van der Waals surface area contributed by atoms with Gasteiger partial charge in [0.25, 0.3) is 0 Å². The van der Waals surface area contributed by atoms with E-state index in [4.69, 9.17) is 5.11 Å². The second-order valence-corrected chi connectivity index (χ2v) is 4.26. The number of nitrogens with zero attached hydrogens (tertiary/aromatic N) is 2. The van der Waals surface area contributed by atoms with E-state index in [-0.39, 0.29) is 11.7 Å². The number of hydrogen-bond donors (Lipinski definition) is 3. The van der Waals surface area contributed by atoms with Crippen LogP contribution in [0.25, 0.3) is 0 Å². The predicted molar refractivity (Wildman–Crippen MR) is 69.3 cm³/mol. The smallest absolute Gasteiger partial charge is 0.354 e. The van der Waals surface area contributed by atoms with Crippen LogP contribution in [-0.2, 0) is 0 Å². The molecule has 0 atom stereocenters. The Morgan fingerprint density at radius 3 is 2.84 bits per heavy atom. The number of carbonyl (C=O) groups is 2. The van der Waals surface area contributed by atoms with Gasteiger partial charge in [-0.25, -0.2) is 14.6 Å². The van der Waals surface area contributed by atoms with Crippen LogP contribution in [0.4, 0.5) is 10.5 Å². The van der Waals surface area contributed by atoms with E-state index < -0.39 is 5.97 Å². The van der Waals surface area contributed by atoms with Gasteiger partial charge in [-0.3, -0.25) is 0 Å². The first-order valence-corrected chi connectivity index (χ1v) is 6.13. The van der Waals surface area contributed by atoms with E-state index in [1.165, 1.54) is 18.3 Å². The third kappa shape index (κ3) is 3.65. The molecular formula is C12H16N4O3. The maximum absolute atomic E-state index is 12.0. The van der Waals surface area contributed by atoms with Gasteiger partial charge in [0.05, 0.1) is 11.9 Å². The van der Waals surface area contributed by atoms with Crippen molar-refractivity contribution in [1.82, 2.24) is 15.2 Å². The molecule has 0 unspecified atom stereocenters. The van der Waals surface area contributed by atoms with Crippen LogP contribution in [0.2, 0.25) is 0 Å². The molecule has 1 fully saturated rings. The zero-order chi connectivity index (χ0) is 13.7. The highest BCUT2D eigenvalue weighted by atomic mass is 16.4. The predicted octanol–water partition coefficient (Wildman–Crippen LogP) is 0.607. The van der Waals surface area contributed by atoms with Crippen molar-refractivity contribution in [2.24, 2.45) is 0 Å². The SMILES string of the molecule is O=C(O)c1ccc(NC(=O)N2CCCNCC2)cn1. The molecule has 0 aliphatic carbocycles. The zero-order valence-corrected chi connectivity index (χ0v) is 10.4. The van der Waals surface area contributed by atoms with E-state index in [0.29, 0.717) is 18.8 Å². The number of carbonyl (C=O) groups excluding carboxylic acids is 1. The van der Waals surface area contributed by atoms with Crippen molar-refractivity contribution in [3.05, 3.63) is 24.0 Å². The normalized spacial score (nSPS) is 15.7. The number of amides is 2. The first-order valence-electron chi connectivity index (χ1n) is 6.13. The van der Waals surface area contributed by atoms with Gasteiger partial charge in [-0.15, -0.1) is 0 Å². The molecule has 0 radical (unpaired) electrons. The van der Waals surface area contributed by atoms with Crippen molar-refractivity contribution in [2.75, 3.05) is 31.5 Å². The molecule has 0 saturated carbocycles. The first kappa shape index (κ1) is 13.3. The molecule has 102 valence electrons. The van der Waals surface area contributed by atoms with Crippen LogP contribution in [0.5, 0.6) is 0 Å². The van der Waals surface area contributed by atoms with Crippen LogP contribution >= 0.6 is 0 Å². The summed E-state index contributed by atoms with van der Waals surface area (Å²) < 4.78 is 0. The maximum atomic E-state index is 12.0. The molecule has 1 aliphatic rings. The van der Waals surface area contributed by atoms with Crippen LogP contribution in [0, 0.1) is 0 Å². The minimum absolute atomic E-state index is 0.0445. The molecule has 2 heterocycles. The van der Waals surface area contributed by atoms with Gasteiger partial charge in [0.1, 0.15) is 5.69 Å². The van der Waals surface area contributed by atoms with E-state index in [1.54, 1.807) is 4.90 Å². The molecule has 0 spiro atoms. The largest absolute Gasteiger partial charge is 0.477 e. The number of anilines is 1. The highest BCUT2D eigenvalue weighted by molar-refractivity contribution is 5.90. The van der Waals surface area contributed by atoms with Gasteiger partial charge < -0.3 is 20.6 Å². The number of rotatable bonds is 2. The lowest BCUT2D eigenvalue weighted by Gasteiger charge is -2.20. The van der Waals surface area contributed by atoms with Crippen molar-refractivity contribution >= 4 is 17.7 Å². The Morgan fingerprint density at radius 1 is 1.32 bits per heavy atom. The Balaban J connectivity index is 1.95. The van der Waals surface area contributed by atoms with Gasteiger partial charge in [0.2, 0.25) is 0 Å². The number of urea groups is 1. The Bertz CT molecular complexity index is 453. The van der Waals surface area contributed by atoms with Gasteiger partial charge in [-0.1, -0.05) is 0 Å². The summed E-state index contributed by atoms with van der Waals surface area (Å²) in [6, 6.07) is 2.71. The zero-order valence-electron chi connectivity index (χ0n) is 10.4. The second kappa shape index (κ2) is 6.14. The summed E-state index contributed by atoms with van der Waals surface area (Å²) in [5.74, 6) is -1.09. The van der Waals surface area contributed by atoms with E-state index >= 15 is 0 Å². The molecule has 7 nitrogen and oxygen atoms in total. The van der Waals surface area contributed by atoms with E-state index in [2.05, 4.69) is 15.6 Å². The summed E-state index contributed by atoms with van der Waals surface area (Å²) in [6.45, 7) is 3.06. The van der Waals surface area contributed by atoms with Gasteiger partial charge >= 0.3 is 12.0 Å². The van der Waals surface area contributed by atoms with Crippen molar-refractivity contribution in [3.63, 3.8) is 0 Å². The van der Waals surface area contributed by atoms with Crippen LogP contribution in [0.3, 0.4) is 0 Å². The third-order valence-electron chi connectivity index (χ3n) is 2.86. The number of aromatic carboxylic acids is 1. The fourth-order valence-corrected chi connectivity index (χ4v) is 1.85. The molecule has 0 bridgehead atoms. The molecule has 3 N–H and O–H groups in total. The van der Waals surface area contributed by atoms with Crippen molar-refractivity contribution in [3.8, 4) is 0 Å².